The van der Waals surface area contributed by atoms with Crippen molar-refractivity contribution in [2.75, 3.05) is 11.9 Å². The summed E-state index contributed by atoms with van der Waals surface area (Å²) >= 11 is 0. The minimum Gasteiger partial charge on any atom is -0.330 e. The van der Waals surface area contributed by atoms with Crippen molar-refractivity contribution in [1.82, 2.24) is 0 Å². The molecule has 1 aliphatic heterocycles. The largest absolute Gasteiger partial charge is 0.330 e. The molecule has 2 rings (SSSR count). The number of rotatable bonds is 1. The average Bonchev–Trinajstić information content (AvgIpc) is 2.36. The van der Waals surface area contributed by atoms with Crippen LogP contribution in [-0.2, 0) is 4.79 Å². The number of nitrogens with two attached hydrogens (primary N) is 1. The van der Waals surface area contributed by atoms with Gasteiger partial charge in [0.25, 0.3) is 0 Å². The van der Waals surface area contributed by atoms with E-state index in [1.807, 2.05) is 24.3 Å². The fourth-order valence-electron chi connectivity index (χ4n) is 1.89. The molecule has 1 unspecified atom stereocenters. The molecule has 0 bridgehead atoms. The van der Waals surface area contributed by atoms with E-state index in [4.69, 9.17) is 5.73 Å². The predicted octanol–water partition coefficient (Wildman–Crippen LogP) is 1.88. The lowest BCUT2D eigenvalue weighted by atomic mass is 9.94. The molecule has 0 aromatic heterocycles. The van der Waals surface area contributed by atoms with Crippen molar-refractivity contribution in [3.05, 3.63) is 29.8 Å². The molecule has 1 aromatic carbocycles. The number of halogens is 1. The number of amides is 1. The molecule has 0 spiro atoms. The average molecular weight is 227 g/mol. The zero-order chi connectivity index (χ0) is 9.97. The van der Waals surface area contributed by atoms with Gasteiger partial charge in [0.05, 0.1) is 0 Å². The van der Waals surface area contributed by atoms with E-state index in [2.05, 4.69) is 5.32 Å². The third-order valence-corrected chi connectivity index (χ3v) is 2.68. The van der Waals surface area contributed by atoms with E-state index in [1.54, 1.807) is 0 Å². The number of fused-ring (bicyclic) bond motifs is 1. The summed E-state index contributed by atoms with van der Waals surface area (Å²) in [5, 5.41) is 2.89. The smallest absolute Gasteiger partial charge is 0.224 e. The number of benzene rings is 1. The normalized spacial score (nSPS) is 19.5. The SMILES string of the molecule is Cl.NCC1CCC(=O)Nc2ccccc21. The molecule has 3 N–H and O–H groups in total. The summed E-state index contributed by atoms with van der Waals surface area (Å²) in [6, 6.07) is 7.89. The maximum absolute atomic E-state index is 11.4. The lowest BCUT2D eigenvalue weighted by Crippen LogP contribution is -2.11. The van der Waals surface area contributed by atoms with Crippen LogP contribution in [0.25, 0.3) is 0 Å². The molecule has 0 saturated heterocycles. The molecule has 0 fully saturated rings. The third-order valence-electron chi connectivity index (χ3n) is 2.68. The van der Waals surface area contributed by atoms with Gasteiger partial charge in [-0.2, -0.15) is 0 Å². The molecule has 0 aliphatic carbocycles. The Morgan fingerprint density at radius 1 is 1.40 bits per heavy atom. The maximum atomic E-state index is 11.4. The summed E-state index contributed by atoms with van der Waals surface area (Å²) < 4.78 is 0. The first-order valence-corrected chi connectivity index (χ1v) is 4.90. The van der Waals surface area contributed by atoms with E-state index in [0.29, 0.717) is 18.9 Å². The fraction of sp³-hybridized carbons (Fsp3) is 0.364. The van der Waals surface area contributed by atoms with Gasteiger partial charge in [-0.3, -0.25) is 4.79 Å². The third kappa shape index (κ3) is 2.49. The highest BCUT2D eigenvalue weighted by Gasteiger charge is 2.19. The number of anilines is 1. The standard InChI is InChI=1S/C11H14N2O.ClH/c12-7-8-5-6-11(14)13-10-4-2-1-3-9(8)10;/h1-4,8H,5-7,12H2,(H,13,14);1H. The Labute approximate surface area is 95.5 Å². The molecule has 82 valence electrons. The molecule has 1 amide bonds. The van der Waals surface area contributed by atoms with E-state index in [0.717, 1.165) is 12.1 Å². The quantitative estimate of drug-likeness (QED) is 0.768. The minimum absolute atomic E-state index is 0. The van der Waals surface area contributed by atoms with Crippen molar-refractivity contribution in [2.45, 2.75) is 18.8 Å². The van der Waals surface area contributed by atoms with Crippen LogP contribution in [0.5, 0.6) is 0 Å². The van der Waals surface area contributed by atoms with Gasteiger partial charge in [0, 0.05) is 12.1 Å². The summed E-state index contributed by atoms with van der Waals surface area (Å²) in [6.07, 6.45) is 1.41. The second-order valence-corrected chi connectivity index (χ2v) is 3.61. The molecule has 15 heavy (non-hydrogen) atoms. The van der Waals surface area contributed by atoms with Gasteiger partial charge in [-0.05, 0) is 30.5 Å². The van der Waals surface area contributed by atoms with Gasteiger partial charge < -0.3 is 11.1 Å². The van der Waals surface area contributed by atoms with Gasteiger partial charge in [-0.25, -0.2) is 0 Å². The summed E-state index contributed by atoms with van der Waals surface area (Å²) in [5.74, 6) is 0.401. The van der Waals surface area contributed by atoms with Crippen LogP contribution >= 0.6 is 12.4 Å². The van der Waals surface area contributed by atoms with E-state index in [-0.39, 0.29) is 18.3 Å². The number of hydrogen-bond donors (Lipinski definition) is 2. The zero-order valence-electron chi connectivity index (χ0n) is 8.40. The van der Waals surface area contributed by atoms with Crippen LogP contribution in [0.4, 0.5) is 5.69 Å². The summed E-state index contributed by atoms with van der Waals surface area (Å²) in [4.78, 5) is 11.4. The van der Waals surface area contributed by atoms with Crippen LogP contribution in [0.2, 0.25) is 0 Å². The Morgan fingerprint density at radius 2 is 2.13 bits per heavy atom. The van der Waals surface area contributed by atoms with Gasteiger partial charge >= 0.3 is 0 Å². The maximum Gasteiger partial charge on any atom is 0.224 e. The lowest BCUT2D eigenvalue weighted by Gasteiger charge is -2.13. The fourth-order valence-corrected chi connectivity index (χ4v) is 1.89. The molecule has 1 atom stereocenters. The molecular formula is C11H15ClN2O. The lowest BCUT2D eigenvalue weighted by molar-refractivity contribution is -0.116. The second kappa shape index (κ2) is 5.14. The van der Waals surface area contributed by atoms with Crippen LogP contribution in [0.3, 0.4) is 0 Å². The Bertz CT molecular complexity index is 354. The van der Waals surface area contributed by atoms with Crippen LogP contribution in [0, 0.1) is 0 Å². The van der Waals surface area contributed by atoms with Gasteiger partial charge in [0.1, 0.15) is 0 Å². The van der Waals surface area contributed by atoms with Crippen molar-refractivity contribution in [3.8, 4) is 0 Å². The first-order valence-electron chi connectivity index (χ1n) is 4.90. The van der Waals surface area contributed by atoms with E-state index in [9.17, 15) is 4.79 Å². The van der Waals surface area contributed by atoms with Gasteiger partial charge in [0.2, 0.25) is 5.91 Å². The molecule has 3 nitrogen and oxygen atoms in total. The van der Waals surface area contributed by atoms with E-state index in [1.165, 1.54) is 5.56 Å². The first-order chi connectivity index (χ1) is 6.81. The van der Waals surface area contributed by atoms with Crippen molar-refractivity contribution in [2.24, 2.45) is 5.73 Å². The Hall–Kier alpha value is -1.06. The zero-order valence-corrected chi connectivity index (χ0v) is 9.22. The predicted molar refractivity (Wildman–Crippen MR) is 63.3 cm³/mol. The number of hydrogen-bond acceptors (Lipinski definition) is 2. The highest BCUT2D eigenvalue weighted by molar-refractivity contribution is 5.92. The van der Waals surface area contributed by atoms with Crippen LogP contribution in [-0.4, -0.2) is 12.5 Å². The number of para-hydroxylation sites is 1. The molecule has 4 heteroatoms. The monoisotopic (exact) mass is 226 g/mol. The summed E-state index contributed by atoms with van der Waals surface area (Å²) in [7, 11) is 0. The van der Waals surface area contributed by atoms with Crippen molar-refractivity contribution in [1.29, 1.82) is 0 Å². The molecule has 0 radical (unpaired) electrons. The minimum atomic E-state index is 0. The van der Waals surface area contributed by atoms with Crippen LogP contribution < -0.4 is 11.1 Å². The van der Waals surface area contributed by atoms with Crippen molar-refractivity contribution >= 4 is 24.0 Å². The topological polar surface area (TPSA) is 55.1 Å². The first kappa shape index (κ1) is 12.0. The Balaban J connectivity index is 0.00000112. The Morgan fingerprint density at radius 3 is 2.87 bits per heavy atom. The summed E-state index contributed by atoms with van der Waals surface area (Å²) in [6.45, 7) is 0.603. The number of carbonyl (C=O) groups is 1. The van der Waals surface area contributed by atoms with Crippen LogP contribution in [0.1, 0.15) is 24.3 Å². The van der Waals surface area contributed by atoms with Gasteiger partial charge in [0.15, 0.2) is 0 Å². The molecular weight excluding hydrogens is 212 g/mol. The number of carbonyl (C=O) groups excluding carboxylic acids is 1. The van der Waals surface area contributed by atoms with Crippen molar-refractivity contribution < 1.29 is 4.79 Å². The second-order valence-electron chi connectivity index (χ2n) is 3.61. The summed E-state index contributed by atoms with van der Waals surface area (Å²) in [5.41, 5.74) is 7.78. The molecule has 1 aliphatic rings. The highest BCUT2D eigenvalue weighted by Crippen LogP contribution is 2.30. The van der Waals surface area contributed by atoms with E-state index < -0.39 is 0 Å². The number of nitrogens with one attached hydrogen (secondary N) is 1. The van der Waals surface area contributed by atoms with Gasteiger partial charge in [-0.15, -0.1) is 12.4 Å². The van der Waals surface area contributed by atoms with Gasteiger partial charge in [-0.1, -0.05) is 18.2 Å². The Kier molecular flexibility index (Phi) is 4.12. The molecule has 1 heterocycles. The van der Waals surface area contributed by atoms with E-state index >= 15 is 0 Å². The molecule has 1 aromatic rings. The van der Waals surface area contributed by atoms with Crippen molar-refractivity contribution in [3.63, 3.8) is 0 Å². The highest BCUT2D eigenvalue weighted by atomic mass is 35.5. The van der Waals surface area contributed by atoms with Crippen LogP contribution in [0.15, 0.2) is 24.3 Å². The molecule has 0 saturated carbocycles.